The Labute approximate surface area is 160 Å². The highest BCUT2D eigenvalue weighted by Crippen LogP contribution is 2.22. The second-order valence-electron chi connectivity index (χ2n) is 6.46. The fourth-order valence-corrected chi connectivity index (χ4v) is 2.90. The number of imidazole rings is 1. The minimum Gasteiger partial charge on any atom is -0.483 e. The van der Waals surface area contributed by atoms with Crippen LogP contribution in [0.5, 0.6) is 5.75 Å². The Bertz CT molecular complexity index is 781. The van der Waals surface area contributed by atoms with Gasteiger partial charge < -0.3 is 19.2 Å². The molecule has 0 aliphatic rings. The lowest BCUT2D eigenvalue weighted by Gasteiger charge is -2.13. The summed E-state index contributed by atoms with van der Waals surface area (Å²) in [5.41, 5.74) is 3.27. The summed E-state index contributed by atoms with van der Waals surface area (Å²) in [7, 11) is 0. The van der Waals surface area contributed by atoms with Gasteiger partial charge >= 0.3 is 0 Å². The van der Waals surface area contributed by atoms with E-state index in [0.717, 1.165) is 48.7 Å². The second-order valence-corrected chi connectivity index (χ2v) is 6.46. The molecule has 3 aromatic rings. The fraction of sp³-hybridized carbons (Fsp3) is 0.409. The van der Waals surface area contributed by atoms with Gasteiger partial charge in [0.05, 0.1) is 24.2 Å². The van der Waals surface area contributed by atoms with E-state index in [1.54, 1.807) is 0 Å². The first-order chi connectivity index (χ1) is 13.3. The van der Waals surface area contributed by atoms with Gasteiger partial charge in [-0.1, -0.05) is 24.3 Å². The summed E-state index contributed by atoms with van der Waals surface area (Å²) in [6.45, 7) is 6.84. The molecule has 0 saturated heterocycles. The SMILES string of the molecule is CCOCCOCCCc1ccc(OC(C)c2nc3ccccc3[nH]2)cc1. The van der Waals surface area contributed by atoms with Crippen LogP contribution in [0, 0.1) is 0 Å². The van der Waals surface area contributed by atoms with Crippen LogP contribution in [-0.4, -0.2) is 36.4 Å². The van der Waals surface area contributed by atoms with Crippen LogP contribution < -0.4 is 4.74 Å². The molecule has 0 radical (unpaired) electrons. The maximum Gasteiger partial charge on any atom is 0.153 e. The summed E-state index contributed by atoms with van der Waals surface area (Å²) in [5.74, 6) is 1.68. The number of aromatic nitrogens is 2. The number of aromatic amines is 1. The van der Waals surface area contributed by atoms with Gasteiger partial charge in [-0.15, -0.1) is 0 Å². The molecule has 5 heteroatoms. The topological polar surface area (TPSA) is 56.4 Å². The monoisotopic (exact) mass is 368 g/mol. The zero-order chi connectivity index (χ0) is 18.9. The van der Waals surface area contributed by atoms with E-state index in [2.05, 4.69) is 22.1 Å². The Morgan fingerprint density at radius 2 is 1.74 bits per heavy atom. The molecule has 0 aliphatic carbocycles. The third-order valence-electron chi connectivity index (χ3n) is 4.36. The molecule has 3 rings (SSSR count). The van der Waals surface area contributed by atoms with Crippen LogP contribution in [0.4, 0.5) is 0 Å². The van der Waals surface area contributed by atoms with Crippen LogP contribution in [0.25, 0.3) is 11.0 Å². The molecule has 0 amide bonds. The number of aryl methyl sites for hydroxylation is 1. The summed E-state index contributed by atoms with van der Waals surface area (Å²) < 4.78 is 16.8. The van der Waals surface area contributed by atoms with Crippen molar-refractivity contribution in [1.29, 1.82) is 0 Å². The summed E-state index contributed by atoms with van der Waals surface area (Å²) >= 11 is 0. The number of fused-ring (bicyclic) bond motifs is 1. The molecular formula is C22H28N2O3. The number of rotatable bonds is 11. The maximum absolute atomic E-state index is 6.03. The van der Waals surface area contributed by atoms with Gasteiger partial charge in [-0.25, -0.2) is 4.98 Å². The van der Waals surface area contributed by atoms with Gasteiger partial charge in [0.25, 0.3) is 0 Å². The minimum absolute atomic E-state index is 0.137. The quantitative estimate of drug-likeness (QED) is 0.499. The predicted molar refractivity (Wildman–Crippen MR) is 107 cm³/mol. The minimum atomic E-state index is -0.137. The normalized spacial score (nSPS) is 12.4. The fourth-order valence-electron chi connectivity index (χ4n) is 2.90. The number of ether oxygens (including phenoxy) is 3. The average Bonchev–Trinajstić information content (AvgIpc) is 3.13. The van der Waals surface area contributed by atoms with E-state index < -0.39 is 0 Å². The van der Waals surface area contributed by atoms with E-state index in [9.17, 15) is 0 Å². The number of para-hydroxylation sites is 2. The smallest absolute Gasteiger partial charge is 0.153 e. The van der Waals surface area contributed by atoms with Crippen LogP contribution in [-0.2, 0) is 15.9 Å². The van der Waals surface area contributed by atoms with E-state index in [1.165, 1.54) is 5.56 Å². The van der Waals surface area contributed by atoms with Crippen molar-refractivity contribution in [2.75, 3.05) is 26.4 Å². The molecule has 27 heavy (non-hydrogen) atoms. The number of nitrogens with zero attached hydrogens (tertiary/aromatic N) is 1. The van der Waals surface area contributed by atoms with E-state index in [-0.39, 0.29) is 6.10 Å². The van der Waals surface area contributed by atoms with Crippen LogP contribution in [0.2, 0.25) is 0 Å². The highest BCUT2D eigenvalue weighted by molar-refractivity contribution is 5.74. The summed E-state index contributed by atoms with van der Waals surface area (Å²) in [6.07, 6.45) is 1.86. The van der Waals surface area contributed by atoms with Gasteiger partial charge in [-0.2, -0.15) is 0 Å². The highest BCUT2D eigenvalue weighted by atomic mass is 16.5. The zero-order valence-electron chi connectivity index (χ0n) is 16.1. The van der Waals surface area contributed by atoms with Crippen molar-refractivity contribution in [1.82, 2.24) is 9.97 Å². The molecule has 2 aromatic carbocycles. The van der Waals surface area contributed by atoms with E-state index >= 15 is 0 Å². The number of benzene rings is 2. The van der Waals surface area contributed by atoms with Gasteiger partial charge in [0.1, 0.15) is 11.6 Å². The molecule has 1 aromatic heterocycles. The van der Waals surface area contributed by atoms with Crippen LogP contribution in [0.3, 0.4) is 0 Å². The van der Waals surface area contributed by atoms with Crippen LogP contribution in [0.15, 0.2) is 48.5 Å². The van der Waals surface area contributed by atoms with Crippen molar-refractivity contribution in [3.63, 3.8) is 0 Å². The molecule has 5 nitrogen and oxygen atoms in total. The second kappa shape index (κ2) is 10.1. The Balaban J connectivity index is 1.44. The average molecular weight is 368 g/mol. The summed E-state index contributed by atoms with van der Waals surface area (Å²) in [4.78, 5) is 7.92. The Kier molecular flexibility index (Phi) is 7.25. The van der Waals surface area contributed by atoms with Crippen LogP contribution in [0.1, 0.15) is 37.8 Å². The van der Waals surface area contributed by atoms with Gasteiger partial charge in [-0.05, 0) is 56.5 Å². The molecule has 0 bridgehead atoms. The van der Waals surface area contributed by atoms with Crippen molar-refractivity contribution in [3.8, 4) is 5.75 Å². The third-order valence-corrected chi connectivity index (χ3v) is 4.36. The molecule has 1 atom stereocenters. The van der Waals surface area contributed by atoms with E-state index in [1.807, 2.05) is 50.2 Å². The number of H-pyrrole nitrogens is 1. The molecule has 0 saturated carbocycles. The number of hydrogen-bond donors (Lipinski definition) is 1. The van der Waals surface area contributed by atoms with Gasteiger partial charge in [0, 0.05) is 13.2 Å². The first-order valence-electron chi connectivity index (χ1n) is 9.62. The molecule has 0 spiro atoms. The number of hydrogen-bond acceptors (Lipinski definition) is 4. The van der Waals surface area contributed by atoms with Gasteiger partial charge in [-0.3, -0.25) is 0 Å². The zero-order valence-corrected chi connectivity index (χ0v) is 16.1. The molecular weight excluding hydrogens is 340 g/mol. The van der Waals surface area contributed by atoms with Gasteiger partial charge in [0.2, 0.25) is 0 Å². The molecule has 1 N–H and O–H groups in total. The van der Waals surface area contributed by atoms with Crippen molar-refractivity contribution in [3.05, 3.63) is 59.9 Å². The van der Waals surface area contributed by atoms with E-state index in [4.69, 9.17) is 14.2 Å². The Morgan fingerprint density at radius 3 is 2.52 bits per heavy atom. The Hall–Kier alpha value is -2.37. The lowest BCUT2D eigenvalue weighted by molar-refractivity contribution is 0.0520. The predicted octanol–water partition coefficient (Wildman–Crippen LogP) is 4.69. The van der Waals surface area contributed by atoms with E-state index in [0.29, 0.717) is 13.2 Å². The van der Waals surface area contributed by atoms with Gasteiger partial charge in [0.15, 0.2) is 6.10 Å². The first kappa shape index (κ1) is 19.4. The molecule has 0 aliphatic heterocycles. The summed E-state index contributed by atoms with van der Waals surface area (Å²) in [6, 6.07) is 16.3. The van der Waals surface area contributed by atoms with Crippen molar-refractivity contribution in [2.45, 2.75) is 32.8 Å². The van der Waals surface area contributed by atoms with Crippen molar-refractivity contribution in [2.24, 2.45) is 0 Å². The lowest BCUT2D eigenvalue weighted by atomic mass is 10.1. The lowest BCUT2D eigenvalue weighted by Crippen LogP contribution is -2.06. The third kappa shape index (κ3) is 5.81. The van der Waals surface area contributed by atoms with Crippen molar-refractivity contribution >= 4 is 11.0 Å². The molecule has 1 unspecified atom stereocenters. The first-order valence-corrected chi connectivity index (χ1v) is 9.62. The molecule has 1 heterocycles. The van der Waals surface area contributed by atoms with Crippen molar-refractivity contribution < 1.29 is 14.2 Å². The molecule has 144 valence electrons. The summed E-state index contributed by atoms with van der Waals surface area (Å²) in [5, 5.41) is 0. The maximum atomic E-state index is 6.03. The molecule has 0 fully saturated rings. The standard InChI is InChI=1S/C22H28N2O3/c1-3-25-15-16-26-14-6-7-18-10-12-19(13-11-18)27-17(2)22-23-20-8-4-5-9-21(20)24-22/h4-5,8-13,17H,3,6-7,14-16H2,1-2H3,(H,23,24). The number of nitrogens with one attached hydrogen (secondary N) is 1. The Morgan fingerprint density at radius 1 is 0.963 bits per heavy atom. The highest BCUT2D eigenvalue weighted by Gasteiger charge is 2.12. The van der Waals surface area contributed by atoms with Crippen LogP contribution >= 0.6 is 0 Å². The largest absolute Gasteiger partial charge is 0.483 e.